The number of fused-ring (bicyclic) bond motifs is 1. The molecule has 2 N–H and O–H groups in total. The lowest BCUT2D eigenvalue weighted by Crippen LogP contribution is -2.27. The molecule has 1 aromatic carbocycles. The van der Waals surface area contributed by atoms with E-state index in [0.29, 0.717) is 0 Å². The monoisotopic (exact) mass is 376 g/mol. The van der Waals surface area contributed by atoms with Crippen LogP contribution < -0.4 is 10.5 Å². The van der Waals surface area contributed by atoms with Gasteiger partial charge in [-0.25, -0.2) is 17.9 Å². The lowest BCUT2D eigenvalue weighted by atomic mass is 10.3. The van der Waals surface area contributed by atoms with Crippen molar-refractivity contribution in [3.05, 3.63) is 46.7 Å². The first kappa shape index (κ1) is 17.2. The summed E-state index contributed by atoms with van der Waals surface area (Å²) < 4.78 is 69.7. The maximum Gasteiger partial charge on any atom is 0.435 e. The fourth-order valence-corrected chi connectivity index (χ4v) is 3.16. The van der Waals surface area contributed by atoms with Crippen molar-refractivity contribution in [2.24, 2.45) is 0 Å². The number of hydrogen-bond acceptors (Lipinski definition) is 5. The second kappa shape index (κ2) is 6.04. The van der Waals surface area contributed by atoms with Crippen LogP contribution in [0.4, 0.5) is 13.2 Å². The minimum absolute atomic E-state index is 0.0832. The molecule has 0 atom stereocenters. The molecule has 0 unspecified atom stereocenters. The quantitative estimate of drug-likeness (QED) is 0.698. The Morgan fingerprint density at radius 1 is 1.28 bits per heavy atom. The number of oxazole rings is 1. The van der Waals surface area contributed by atoms with Gasteiger partial charge in [0.2, 0.25) is 10.0 Å². The number of aromatic nitrogens is 3. The Labute approximate surface area is 138 Å². The summed E-state index contributed by atoms with van der Waals surface area (Å²) in [5, 5.41) is 3.32. The predicted octanol–water partition coefficient (Wildman–Crippen LogP) is 1.31. The summed E-state index contributed by atoms with van der Waals surface area (Å²) in [5.74, 6) is -0.711. The van der Waals surface area contributed by atoms with Gasteiger partial charge in [-0.05, 0) is 24.3 Å². The summed E-state index contributed by atoms with van der Waals surface area (Å²) in [6.07, 6.45) is -3.44. The van der Waals surface area contributed by atoms with E-state index in [-0.39, 0.29) is 29.1 Å². The number of nitrogens with zero attached hydrogens (tertiary/aromatic N) is 2. The molecule has 0 spiro atoms. The SMILES string of the molecule is O=c1[nH]c2cc(S(=O)(=O)NCCn3ccc(C(F)(F)F)n3)ccc2o1. The van der Waals surface area contributed by atoms with Crippen LogP contribution in [0.25, 0.3) is 11.1 Å². The van der Waals surface area contributed by atoms with Crippen molar-refractivity contribution >= 4 is 21.1 Å². The largest absolute Gasteiger partial charge is 0.435 e. The van der Waals surface area contributed by atoms with Gasteiger partial charge in [0.15, 0.2) is 11.3 Å². The number of nitrogens with one attached hydrogen (secondary N) is 2. The lowest BCUT2D eigenvalue weighted by molar-refractivity contribution is -0.141. The van der Waals surface area contributed by atoms with Crippen LogP contribution in [0.2, 0.25) is 0 Å². The van der Waals surface area contributed by atoms with Crippen LogP contribution >= 0.6 is 0 Å². The Kier molecular flexibility index (Phi) is 4.16. The third kappa shape index (κ3) is 3.74. The Balaban J connectivity index is 1.68. The molecule has 0 fully saturated rings. The van der Waals surface area contributed by atoms with E-state index in [1.807, 2.05) is 0 Å². The molecule has 8 nitrogen and oxygen atoms in total. The van der Waals surface area contributed by atoms with Crippen LogP contribution in [0.15, 0.2) is 44.6 Å². The molecule has 12 heteroatoms. The number of rotatable bonds is 5. The number of halogens is 3. The summed E-state index contributed by atoms with van der Waals surface area (Å²) in [6.45, 7) is -0.249. The third-order valence-electron chi connectivity index (χ3n) is 3.26. The Bertz CT molecular complexity index is 1060. The van der Waals surface area contributed by atoms with Crippen LogP contribution in [-0.2, 0) is 22.7 Å². The van der Waals surface area contributed by atoms with Gasteiger partial charge in [0, 0.05) is 12.7 Å². The third-order valence-corrected chi connectivity index (χ3v) is 4.72. The van der Waals surface area contributed by atoms with Gasteiger partial charge in [-0.15, -0.1) is 0 Å². The summed E-state index contributed by atoms with van der Waals surface area (Å²) in [6, 6.07) is 4.60. The zero-order valence-corrected chi connectivity index (χ0v) is 13.2. The molecule has 3 aromatic rings. The second-order valence-electron chi connectivity index (χ2n) is 5.03. The predicted molar refractivity (Wildman–Crippen MR) is 79.3 cm³/mol. The number of H-pyrrole nitrogens is 1. The lowest BCUT2D eigenvalue weighted by Gasteiger charge is -2.07. The molecule has 0 aliphatic heterocycles. The van der Waals surface area contributed by atoms with E-state index < -0.39 is 27.6 Å². The van der Waals surface area contributed by atoms with Crippen LogP contribution in [-0.4, -0.2) is 29.7 Å². The van der Waals surface area contributed by atoms with Gasteiger partial charge in [0.25, 0.3) is 0 Å². The van der Waals surface area contributed by atoms with Crippen molar-refractivity contribution in [1.82, 2.24) is 19.5 Å². The maximum atomic E-state index is 12.4. The average Bonchev–Trinajstić information content (AvgIpc) is 3.11. The van der Waals surface area contributed by atoms with Gasteiger partial charge < -0.3 is 4.42 Å². The normalized spacial score (nSPS) is 12.8. The van der Waals surface area contributed by atoms with Crippen molar-refractivity contribution in [1.29, 1.82) is 0 Å². The molecule has 0 saturated carbocycles. The molecule has 0 saturated heterocycles. The van der Waals surface area contributed by atoms with Gasteiger partial charge in [-0.2, -0.15) is 18.3 Å². The van der Waals surface area contributed by atoms with Crippen LogP contribution in [0, 0.1) is 0 Å². The fourth-order valence-electron chi connectivity index (χ4n) is 2.11. The minimum Gasteiger partial charge on any atom is -0.408 e. The van der Waals surface area contributed by atoms with Crippen molar-refractivity contribution in [2.45, 2.75) is 17.6 Å². The maximum absolute atomic E-state index is 12.4. The summed E-state index contributed by atoms with van der Waals surface area (Å²) in [5.41, 5.74) is -0.625. The molecular formula is C13H11F3N4O4S. The molecule has 2 heterocycles. The highest BCUT2D eigenvalue weighted by Gasteiger charge is 2.33. The van der Waals surface area contributed by atoms with E-state index in [1.165, 1.54) is 18.2 Å². The van der Waals surface area contributed by atoms with E-state index >= 15 is 0 Å². The zero-order chi connectivity index (χ0) is 18.2. The van der Waals surface area contributed by atoms with Crippen molar-refractivity contribution in [2.75, 3.05) is 6.54 Å². The number of sulfonamides is 1. The van der Waals surface area contributed by atoms with E-state index in [2.05, 4.69) is 14.8 Å². The highest BCUT2D eigenvalue weighted by Crippen LogP contribution is 2.27. The number of benzene rings is 1. The Morgan fingerprint density at radius 3 is 2.72 bits per heavy atom. The van der Waals surface area contributed by atoms with Crippen molar-refractivity contribution in [3.8, 4) is 0 Å². The van der Waals surface area contributed by atoms with Crippen LogP contribution in [0.1, 0.15) is 5.69 Å². The molecule has 0 amide bonds. The first-order valence-corrected chi connectivity index (χ1v) is 8.37. The highest BCUT2D eigenvalue weighted by atomic mass is 32.2. The van der Waals surface area contributed by atoms with Crippen molar-refractivity contribution in [3.63, 3.8) is 0 Å². The molecule has 0 radical (unpaired) electrons. The van der Waals surface area contributed by atoms with Gasteiger partial charge in [-0.3, -0.25) is 9.67 Å². The summed E-state index contributed by atoms with van der Waals surface area (Å²) in [4.78, 5) is 13.3. The molecule has 0 aliphatic carbocycles. The molecule has 0 bridgehead atoms. The van der Waals surface area contributed by atoms with Gasteiger partial charge in [-0.1, -0.05) is 0 Å². The van der Waals surface area contributed by atoms with E-state index in [4.69, 9.17) is 4.42 Å². The van der Waals surface area contributed by atoms with E-state index in [9.17, 15) is 26.4 Å². The Morgan fingerprint density at radius 2 is 2.04 bits per heavy atom. The molecule has 2 aromatic heterocycles. The van der Waals surface area contributed by atoms with Gasteiger partial charge in [0.1, 0.15) is 0 Å². The molecular weight excluding hydrogens is 365 g/mol. The topological polar surface area (TPSA) is 110 Å². The molecule has 25 heavy (non-hydrogen) atoms. The number of alkyl halides is 3. The van der Waals surface area contributed by atoms with Gasteiger partial charge in [0.05, 0.1) is 17.0 Å². The summed E-state index contributed by atoms with van der Waals surface area (Å²) in [7, 11) is -3.91. The van der Waals surface area contributed by atoms with Crippen molar-refractivity contribution < 1.29 is 26.0 Å². The number of hydrogen-bond donors (Lipinski definition) is 2. The first-order valence-electron chi connectivity index (χ1n) is 6.88. The molecule has 3 rings (SSSR count). The minimum atomic E-state index is -4.55. The zero-order valence-electron chi connectivity index (χ0n) is 12.4. The highest BCUT2D eigenvalue weighted by molar-refractivity contribution is 7.89. The van der Waals surface area contributed by atoms with Gasteiger partial charge >= 0.3 is 11.9 Å². The molecule has 134 valence electrons. The van der Waals surface area contributed by atoms with E-state index in [0.717, 1.165) is 16.9 Å². The average molecular weight is 376 g/mol. The smallest absolute Gasteiger partial charge is 0.408 e. The standard InChI is InChI=1S/C13H11F3N4O4S/c14-13(15,16)11-3-5-20(19-11)6-4-17-25(22,23)8-1-2-10-9(7-8)18-12(21)24-10/h1-3,5,7,17H,4,6H2,(H,18,21). The number of aromatic amines is 1. The van der Waals surface area contributed by atoms with Crippen LogP contribution in [0.5, 0.6) is 0 Å². The summed E-state index contributed by atoms with van der Waals surface area (Å²) >= 11 is 0. The fraction of sp³-hybridized carbons (Fsp3) is 0.231. The Hall–Kier alpha value is -2.60. The second-order valence-corrected chi connectivity index (χ2v) is 6.80. The molecule has 0 aliphatic rings. The van der Waals surface area contributed by atoms with Crippen LogP contribution in [0.3, 0.4) is 0 Å². The van der Waals surface area contributed by atoms with E-state index in [1.54, 1.807) is 0 Å². The first-order chi connectivity index (χ1) is 11.6.